The number of sulfonamides is 1. The number of para-hydroxylation sites is 1. The van der Waals surface area contributed by atoms with Crippen molar-refractivity contribution < 1.29 is 22.7 Å². The second-order valence-electron chi connectivity index (χ2n) is 6.60. The molecule has 0 spiro atoms. The third-order valence-electron chi connectivity index (χ3n) is 4.69. The van der Waals surface area contributed by atoms with Crippen LogP contribution in [0.4, 0.5) is 0 Å². The maximum Gasteiger partial charge on any atom is 0.243 e. The minimum Gasteiger partial charge on any atom is -0.494 e. The molecule has 2 aromatic carbocycles. The molecule has 0 aliphatic carbocycles. The molecule has 2 aromatic rings. The van der Waals surface area contributed by atoms with Crippen molar-refractivity contribution in [3.8, 4) is 11.5 Å². The van der Waals surface area contributed by atoms with E-state index in [4.69, 9.17) is 9.47 Å². The Morgan fingerprint density at radius 3 is 2.14 bits per heavy atom. The van der Waals surface area contributed by atoms with E-state index >= 15 is 0 Å². The summed E-state index contributed by atoms with van der Waals surface area (Å²) in [7, 11) is -3.58. The number of benzene rings is 2. The Balaban J connectivity index is 1.49. The van der Waals surface area contributed by atoms with Gasteiger partial charge in [-0.1, -0.05) is 18.2 Å². The molecule has 1 aliphatic rings. The molecule has 0 N–H and O–H groups in total. The number of rotatable bonds is 8. The zero-order valence-corrected chi connectivity index (χ0v) is 17.3. The number of hydrogen-bond donors (Lipinski definition) is 0. The van der Waals surface area contributed by atoms with Gasteiger partial charge >= 0.3 is 0 Å². The van der Waals surface area contributed by atoms with Crippen LogP contribution in [0.15, 0.2) is 59.5 Å². The molecule has 0 radical (unpaired) electrons. The van der Waals surface area contributed by atoms with Crippen LogP contribution in [0.5, 0.6) is 11.5 Å². The quantitative estimate of drug-likeness (QED) is 0.658. The zero-order valence-electron chi connectivity index (χ0n) is 16.5. The fourth-order valence-electron chi connectivity index (χ4n) is 3.13. The average molecular weight is 419 g/mol. The van der Waals surface area contributed by atoms with Crippen molar-refractivity contribution in [2.24, 2.45) is 0 Å². The lowest BCUT2D eigenvalue weighted by atomic mass is 10.3. The molecule has 1 aliphatic heterocycles. The molecule has 0 bridgehead atoms. The molecule has 7 nitrogen and oxygen atoms in total. The Morgan fingerprint density at radius 2 is 1.52 bits per heavy atom. The second-order valence-corrected chi connectivity index (χ2v) is 8.54. The third kappa shape index (κ3) is 5.48. The van der Waals surface area contributed by atoms with Gasteiger partial charge in [0.05, 0.1) is 24.5 Å². The van der Waals surface area contributed by atoms with Crippen LogP contribution in [0, 0.1) is 0 Å². The van der Waals surface area contributed by atoms with E-state index in [2.05, 4.69) is 0 Å². The molecular weight excluding hydrogens is 392 g/mol. The molecule has 0 unspecified atom stereocenters. The molecule has 29 heavy (non-hydrogen) atoms. The largest absolute Gasteiger partial charge is 0.494 e. The fourth-order valence-corrected chi connectivity index (χ4v) is 4.55. The second kappa shape index (κ2) is 9.76. The van der Waals surface area contributed by atoms with Gasteiger partial charge in [0.25, 0.3) is 0 Å². The van der Waals surface area contributed by atoms with Crippen molar-refractivity contribution >= 4 is 15.9 Å². The number of nitrogens with zero attached hydrogens (tertiary/aromatic N) is 2. The lowest BCUT2D eigenvalue weighted by Gasteiger charge is -2.34. The van der Waals surface area contributed by atoms with Gasteiger partial charge in [-0.15, -0.1) is 0 Å². The number of amides is 1. The van der Waals surface area contributed by atoms with Gasteiger partial charge in [-0.05, 0) is 43.3 Å². The van der Waals surface area contributed by atoms with Gasteiger partial charge < -0.3 is 14.4 Å². The van der Waals surface area contributed by atoms with Crippen molar-refractivity contribution in [3.05, 3.63) is 54.6 Å². The Kier molecular flexibility index (Phi) is 7.11. The molecule has 8 heteroatoms. The SMILES string of the molecule is CCOc1ccc(S(=O)(=O)N2CCN(C(=O)CCOc3ccccc3)CC2)cc1. The summed E-state index contributed by atoms with van der Waals surface area (Å²) in [5, 5.41) is 0. The summed E-state index contributed by atoms with van der Waals surface area (Å²) in [6, 6.07) is 15.8. The topological polar surface area (TPSA) is 76.2 Å². The first-order chi connectivity index (χ1) is 14.0. The van der Waals surface area contributed by atoms with Crippen LogP contribution in [-0.4, -0.2) is 62.9 Å². The Labute approximate surface area is 171 Å². The average Bonchev–Trinajstić information content (AvgIpc) is 2.75. The number of carbonyl (C=O) groups is 1. The zero-order chi connectivity index (χ0) is 20.7. The summed E-state index contributed by atoms with van der Waals surface area (Å²) in [5.74, 6) is 1.34. The molecule has 0 saturated carbocycles. The van der Waals surface area contributed by atoms with Gasteiger partial charge in [-0.2, -0.15) is 4.31 Å². The predicted octanol–water partition coefficient (Wildman–Crippen LogP) is 2.39. The predicted molar refractivity (Wildman–Crippen MR) is 110 cm³/mol. The fraction of sp³-hybridized carbons (Fsp3) is 0.381. The van der Waals surface area contributed by atoms with E-state index in [1.54, 1.807) is 29.2 Å². The smallest absolute Gasteiger partial charge is 0.243 e. The monoisotopic (exact) mass is 418 g/mol. The van der Waals surface area contributed by atoms with E-state index < -0.39 is 10.0 Å². The van der Waals surface area contributed by atoms with Gasteiger partial charge in [0.1, 0.15) is 11.5 Å². The summed E-state index contributed by atoms with van der Waals surface area (Å²) < 4.78 is 38.0. The molecule has 0 aromatic heterocycles. The molecular formula is C21H26N2O5S. The van der Waals surface area contributed by atoms with Gasteiger partial charge in [0.2, 0.25) is 15.9 Å². The number of ether oxygens (including phenoxy) is 2. The van der Waals surface area contributed by atoms with E-state index in [1.807, 2.05) is 37.3 Å². The molecule has 156 valence electrons. The molecule has 1 saturated heterocycles. The lowest BCUT2D eigenvalue weighted by Crippen LogP contribution is -2.50. The Hall–Kier alpha value is -2.58. The Morgan fingerprint density at radius 1 is 0.897 bits per heavy atom. The van der Waals surface area contributed by atoms with Crippen molar-refractivity contribution in [1.29, 1.82) is 0 Å². The summed E-state index contributed by atoms with van der Waals surface area (Å²) in [4.78, 5) is 14.3. The van der Waals surface area contributed by atoms with Crippen LogP contribution < -0.4 is 9.47 Å². The normalized spacial score (nSPS) is 15.1. The number of hydrogen-bond acceptors (Lipinski definition) is 5. The minimum absolute atomic E-state index is 0.0287. The standard InChI is InChI=1S/C21H26N2O5S/c1-2-27-19-8-10-20(11-9-19)29(25,26)23-15-13-22(14-16-23)21(24)12-17-28-18-6-4-3-5-7-18/h3-11H,2,12-17H2,1H3. The van der Waals surface area contributed by atoms with E-state index in [0.717, 1.165) is 5.75 Å². The summed E-state index contributed by atoms with van der Waals surface area (Å²) in [5.41, 5.74) is 0. The first-order valence-electron chi connectivity index (χ1n) is 9.69. The summed E-state index contributed by atoms with van der Waals surface area (Å²) in [6.07, 6.45) is 0.264. The highest BCUT2D eigenvalue weighted by atomic mass is 32.2. The summed E-state index contributed by atoms with van der Waals surface area (Å²) >= 11 is 0. The van der Waals surface area contributed by atoms with Crippen LogP contribution in [-0.2, 0) is 14.8 Å². The van der Waals surface area contributed by atoms with E-state index in [-0.39, 0.29) is 30.3 Å². The maximum absolute atomic E-state index is 12.8. The molecule has 1 heterocycles. The molecule has 1 fully saturated rings. The summed E-state index contributed by atoms with van der Waals surface area (Å²) in [6.45, 7) is 4.01. The lowest BCUT2D eigenvalue weighted by molar-refractivity contribution is -0.132. The van der Waals surface area contributed by atoms with Crippen LogP contribution in [0.2, 0.25) is 0 Å². The van der Waals surface area contributed by atoms with Gasteiger partial charge in [-0.25, -0.2) is 8.42 Å². The third-order valence-corrected chi connectivity index (χ3v) is 6.60. The molecule has 0 atom stereocenters. The van der Waals surface area contributed by atoms with Crippen LogP contribution in [0.3, 0.4) is 0 Å². The number of carbonyl (C=O) groups excluding carboxylic acids is 1. The first kappa shape index (κ1) is 21.1. The highest BCUT2D eigenvalue weighted by molar-refractivity contribution is 7.89. The van der Waals surface area contributed by atoms with Crippen LogP contribution >= 0.6 is 0 Å². The van der Waals surface area contributed by atoms with E-state index in [1.165, 1.54) is 4.31 Å². The Bertz CT molecular complexity index is 892. The number of piperazine rings is 1. The molecule has 1 amide bonds. The van der Waals surface area contributed by atoms with Gasteiger partial charge in [0.15, 0.2) is 0 Å². The minimum atomic E-state index is -3.58. The van der Waals surface area contributed by atoms with E-state index in [0.29, 0.717) is 32.1 Å². The van der Waals surface area contributed by atoms with Gasteiger partial charge in [-0.3, -0.25) is 4.79 Å². The van der Waals surface area contributed by atoms with E-state index in [9.17, 15) is 13.2 Å². The first-order valence-corrected chi connectivity index (χ1v) is 11.1. The van der Waals surface area contributed by atoms with Crippen LogP contribution in [0.1, 0.15) is 13.3 Å². The van der Waals surface area contributed by atoms with Crippen molar-refractivity contribution in [2.75, 3.05) is 39.4 Å². The van der Waals surface area contributed by atoms with Crippen molar-refractivity contribution in [2.45, 2.75) is 18.2 Å². The highest BCUT2D eigenvalue weighted by Gasteiger charge is 2.30. The van der Waals surface area contributed by atoms with Crippen molar-refractivity contribution in [3.63, 3.8) is 0 Å². The molecule has 3 rings (SSSR count). The highest BCUT2D eigenvalue weighted by Crippen LogP contribution is 2.21. The van der Waals surface area contributed by atoms with Crippen molar-refractivity contribution in [1.82, 2.24) is 9.21 Å². The maximum atomic E-state index is 12.8. The van der Waals surface area contributed by atoms with Gasteiger partial charge in [0, 0.05) is 26.2 Å². The van der Waals surface area contributed by atoms with Crippen LogP contribution in [0.25, 0.3) is 0 Å².